The quantitative estimate of drug-likeness (QED) is 0.793. The summed E-state index contributed by atoms with van der Waals surface area (Å²) in [6.07, 6.45) is 1.05. The minimum atomic E-state index is 0.531. The minimum Gasteiger partial charge on any atom is -0.384 e. The fourth-order valence-electron chi connectivity index (χ4n) is 2.00. The predicted molar refractivity (Wildman–Crippen MR) is 80.9 cm³/mol. The first kappa shape index (κ1) is 15.7. The standard InChI is InChI=1S/C15H24BrNO/c1-12(2)9-17-10-14(11-18-3)7-13-5-4-6-15(16)8-13/h4-6,8,12,14,17H,7,9-11H2,1-3H3. The molecule has 0 aliphatic heterocycles. The Morgan fingerprint density at radius 3 is 2.67 bits per heavy atom. The summed E-state index contributed by atoms with van der Waals surface area (Å²) >= 11 is 3.52. The maximum atomic E-state index is 5.31. The number of rotatable bonds is 8. The molecule has 3 heteroatoms. The van der Waals surface area contributed by atoms with Gasteiger partial charge in [-0.3, -0.25) is 0 Å². The Hall–Kier alpha value is -0.380. The second-order valence-electron chi connectivity index (χ2n) is 5.21. The van der Waals surface area contributed by atoms with Gasteiger partial charge in [-0.1, -0.05) is 41.9 Å². The molecule has 0 heterocycles. The summed E-state index contributed by atoms with van der Waals surface area (Å²) < 4.78 is 6.46. The highest BCUT2D eigenvalue weighted by Crippen LogP contribution is 2.15. The maximum Gasteiger partial charge on any atom is 0.0505 e. The smallest absolute Gasteiger partial charge is 0.0505 e. The van der Waals surface area contributed by atoms with E-state index in [0.717, 1.165) is 30.6 Å². The summed E-state index contributed by atoms with van der Waals surface area (Å²) in [4.78, 5) is 0. The Labute approximate surface area is 119 Å². The van der Waals surface area contributed by atoms with Crippen molar-refractivity contribution < 1.29 is 4.74 Å². The zero-order valence-electron chi connectivity index (χ0n) is 11.6. The van der Waals surface area contributed by atoms with E-state index in [9.17, 15) is 0 Å². The summed E-state index contributed by atoms with van der Waals surface area (Å²) in [5.41, 5.74) is 1.36. The van der Waals surface area contributed by atoms with Crippen LogP contribution in [0.25, 0.3) is 0 Å². The lowest BCUT2D eigenvalue weighted by Crippen LogP contribution is -2.30. The Morgan fingerprint density at radius 1 is 1.28 bits per heavy atom. The monoisotopic (exact) mass is 313 g/mol. The van der Waals surface area contributed by atoms with E-state index in [1.165, 1.54) is 5.56 Å². The fraction of sp³-hybridized carbons (Fsp3) is 0.600. The van der Waals surface area contributed by atoms with Gasteiger partial charge in [-0.15, -0.1) is 0 Å². The van der Waals surface area contributed by atoms with Gasteiger partial charge in [0.25, 0.3) is 0 Å². The first-order valence-electron chi connectivity index (χ1n) is 6.56. The Morgan fingerprint density at radius 2 is 2.06 bits per heavy atom. The number of hydrogen-bond acceptors (Lipinski definition) is 2. The fourth-order valence-corrected chi connectivity index (χ4v) is 2.45. The first-order valence-corrected chi connectivity index (χ1v) is 7.35. The molecule has 0 aromatic heterocycles. The van der Waals surface area contributed by atoms with E-state index in [1.807, 2.05) is 0 Å². The maximum absolute atomic E-state index is 5.31. The summed E-state index contributed by atoms with van der Waals surface area (Å²) in [6, 6.07) is 8.51. The van der Waals surface area contributed by atoms with Crippen LogP contribution >= 0.6 is 15.9 Å². The van der Waals surface area contributed by atoms with Gasteiger partial charge in [0.15, 0.2) is 0 Å². The van der Waals surface area contributed by atoms with Crippen molar-refractivity contribution >= 4 is 15.9 Å². The third kappa shape index (κ3) is 6.53. The molecule has 0 fully saturated rings. The summed E-state index contributed by atoms with van der Waals surface area (Å²) in [7, 11) is 1.77. The molecule has 18 heavy (non-hydrogen) atoms. The molecule has 1 N–H and O–H groups in total. The molecule has 1 unspecified atom stereocenters. The van der Waals surface area contributed by atoms with Gasteiger partial charge >= 0.3 is 0 Å². The largest absolute Gasteiger partial charge is 0.384 e. The molecule has 0 aliphatic rings. The molecule has 1 rings (SSSR count). The third-order valence-electron chi connectivity index (χ3n) is 2.80. The molecule has 2 nitrogen and oxygen atoms in total. The van der Waals surface area contributed by atoms with Crippen LogP contribution < -0.4 is 5.32 Å². The molecule has 0 saturated heterocycles. The van der Waals surface area contributed by atoms with Crippen LogP contribution in [0.15, 0.2) is 28.7 Å². The van der Waals surface area contributed by atoms with Crippen molar-refractivity contribution in [2.75, 3.05) is 26.8 Å². The van der Waals surface area contributed by atoms with Crippen molar-refractivity contribution in [3.63, 3.8) is 0 Å². The van der Waals surface area contributed by atoms with Crippen molar-refractivity contribution in [3.8, 4) is 0 Å². The molecule has 0 bridgehead atoms. The molecule has 0 spiro atoms. The summed E-state index contributed by atoms with van der Waals surface area (Å²) in [5, 5.41) is 3.51. The summed E-state index contributed by atoms with van der Waals surface area (Å²) in [6.45, 7) is 7.34. The number of methoxy groups -OCH3 is 1. The van der Waals surface area contributed by atoms with E-state index >= 15 is 0 Å². The first-order chi connectivity index (χ1) is 8.61. The highest BCUT2D eigenvalue weighted by atomic mass is 79.9. The average Bonchev–Trinajstić information content (AvgIpc) is 2.28. The van der Waals surface area contributed by atoms with Gasteiger partial charge < -0.3 is 10.1 Å². The van der Waals surface area contributed by atoms with Crippen molar-refractivity contribution in [1.29, 1.82) is 0 Å². The van der Waals surface area contributed by atoms with E-state index in [-0.39, 0.29) is 0 Å². The number of benzene rings is 1. The van der Waals surface area contributed by atoms with Crippen LogP contribution in [0.2, 0.25) is 0 Å². The average molecular weight is 314 g/mol. The van der Waals surface area contributed by atoms with Gasteiger partial charge in [0.05, 0.1) is 6.61 Å². The predicted octanol–water partition coefficient (Wildman–Crippen LogP) is 3.50. The van der Waals surface area contributed by atoms with E-state index in [4.69, 9.17) is 4.74 Å². The van der Waals surface area contributed by atoms with Crippen LogP contribution in [0.3, 0.4) is 0 Å². The van der Waals surface area contributed by atoms with Gasteiger partial charge in [-0.05, 0) is 42.5 Å². The van der Waals surface area contributed by atoms with E-state index in [2.05, 4.69) is 59.4 Å². The van der Waals surface area contributed by atoms with Crippen molar-refractivity contribution in [3.05, 3.63) is 34.3 Å². The SMILES string of the molecule is COCC(CNCC(C)C)Cc1cccc(Br)c1. The Kier molecular flexibility index (Phi) is 7.56. The molecule has 102 valence electrons. The van der Waals surface area contributed by atoms with Gasteiger partial charge in [0.1, 0.15) is 0 Å². The zero-order chi connectivity index (χ0) is 13.4. The molecule has 0 radical (unpaired) electrons. The summed E-state index contributed by atoms with van der Waals surface area (Å²) in [5.74, 6) is 1.22. The molecule has 0 amide bonds. The number of ether oxygens (including phenoxy) is 1. The van der Waals surface area contributed by atoms with Crippen LogP contribution in [0.4, 0.5) is 0 Å². The number of halogens is 1. The molecule has 1 aromatic carbocycles. The third-order valence-corrected chi connectivity index (χ3v) is 3.29. The molecule has 0 aliphatic carbocycles. The lowest BCUT2D eigenvalue weighted by atomic mass is 10.00. The number of hydrogen-bond donors (Lipinski definition) is 1. The minimum absolute atomic E-state index is 0.531. The van der Waals surface area contributed by atoms with Gasteiger partial charge in [0, 0.05) is 18.1 Å². The lowest BCUT2D eigenvalue weighted by molar-refractivity contribution is 0.150. The second-order valence-corrected chi connectivity index (χ2v) is 6.12. The number of nitrogens with one attached hydrogen (secondary N) is 1. The van der Waals surface area contributed by atoms with Crippen LogP contribution in [0, 0.1) is 11.8 Å². The molecule has 1 atom stereocenters. The van der Waals surface area contributed by atoms with Crippen molar-refractivity contribution in [2.24, 2.45) is 11.8 Å². The van der Waals surface area contributed by atoms with Gasteiger partial charge in [-0.25, -0.2) is 0 Å². The van der Waals surface area contributed by atoms with Crippen molar-refractivity contribution in [2.45, 2.75) is 20.3 Å². The van der Waals surface area contributed by atoms with Crippen LogP contribution in [-0.4, -0.2) is 26.8 Å². The van der Waals surface area contributed by atoms with Crippen LogP contribution in [0.5, 0.6) is 0 Å². The Bertz CT molecular complexity index is 341. The zero-order valence-corrected chi connectivity index (χ0v) is 13.2. The van der Waals surface area contributed by atoms with Gasteiger partial charge in [0.2, 0.25) is 0 Å². The second kappa shape index (κ2) is 8.68. The molecular weight excluding hydrogens is 290 g/mol. The molecule has 0 saturated carbocycles. The highest BCUT2D eigenvalue weighted by Gasteiger charge is 2.10. The van der Waals surface area contributed by atoms with Gasteiger partial charge in [-0.2, -0.15) is 0 Å². The molecular formula is C15H24BrNO. The van der Waals surface area contributed by atoms with Crippen LogP contribution in [-0.2, 0) is 11.2 Å². The van der Waals surface area contributed by atoms with Crippen LogP contribution in [0.1, 0.15) is 19.4 Å². The topological polar surface area (TPSA) is 21.3 Å². The van der Waals surface area contributed by atoms with E-state index in [1.54, 1.807) is 7.11 Å². The normalized spacial score (nSPS) is 12.9. The van der Waals surface area contributed by atoms with E-state index in [0.29, 0.717) is 11.8 Å². The molecule has 1 aromatic rings. The highest BCUT2D eigenvalue weighted by molar-refractivity contribution is 9.10. The Balaban J connectivity index is 2.46. The lowest BCUT2D eigenvalue weighted by Gasteiger charge is -2.18. The van der Waals surface area contributed by atoms with E-state index < -0.39 is 0 Å². The van der Waals surface area contributed by atoms with Crippen molar-refractivity contribution in [1.82, 2.24) is 5.32 Å².